The Balaban J connectivity index is 1.93. The van der Waals surface area contributed by atoms with Crippen LogP contribution in [0.4, 0.5) is 8.78 Å². The zero-order valence-corrected chi connectivity index (χ0v) is 16.0. The molecule has 7 heteroatoms. The number of halogens is 3. The maximum absolute atomic E-state index is 14.5. The van der Waals surface area contributed by atoms with Gasteiger partial charge < -0.3 is 10.1 Å². The van der Waals surface area contributed by atoms with Crippen LogP contribution in [-0.4, -0.2) is 26.0 Å². The van der Waals surface area contributed by atoms with E-state index in [1.54, 1.807) is 13.2 Å². The van der Waals surface area contributed by atoms with Crippen LogP contribution in [0.5, 0.6) is 5.75 Å². The van der Waals surface area contributed by atoms with Crippen LogP contribution >= 0.6 is 27.7 Å². The lowest BCUT2D eigenvalue weighted by molar-refractivity contribution is 0.411. The summed E-state index contributed by atoms with van der Waals surface area (Å²) in [7, 11) is 1.59. The van der Waals surface area contributed by atoms with Gasteiger partial charge in [-0.25, -0.2) is 8.78 Å². The third-order valence-corrected chi connectivity index (χ3v) is 5.45. The van der Waals surface area contributed by atoms with Crippen molar-refractivity contribution in [2.75, 3.05) is 20.2 Å². The molecule has 0 saturated carbocycles. The number of aliphatic imine (C=N–C) groups is 1. The standard InChI is InChI=1S/C18H17BrF2N2OS/c1-24-15-6-3-12(19)9-11(15)10-25-17-13(4-5-14(20)16(17)21)18-22-7-2-8-23-18/h3-6,9H,2,7-8,10H2,1H3,(H,22,23). The van der Waals surface area contributed by atoms with E-state index in [0.29, 0.717) is 29.4 Å². The van der Waals surface area contributed by atoms with E-state index in [-0.39, 0.29) is 4.90 Å². The minimum atomic E-state index is -0.858. The highest BCUT2D eigenvalue weighted by atomic mass is 79.9. The van der Waals surface area contributed by atoms with E-state index in [4.69, 9.17) is 4.74 Å². The first-order valence-electron chi connectivity index (χ1n) is 7.82. The van der Waals surface area contributed by atoms with Gasteiger partial charge in [-0.15, -0.1) is 11.8 Å². The fourth-order valence-corrected chi connectivity index (χ4v) is 4.06. The van der Waals surface area contributed by atoms with Gasteiger partial charge in [0.05, 0.1) is 12.0 Å². The fourth-order valence-electron chi connectivity index (χ4n) is 2.58. The summed E-state index contributed by atoms with van der Waals surface area (Å²) in [6.45, 7) is 1.46. The topological polar surface area (TPSA) is 33.6 Å². The predicted molar refractivity (Wildman–Crippen MR) is 101 cm³/mol. The van der Waals surface area contributed by atoms with Crippen LogP contribution in [0.1, 0.15) is 17.5 Å². The van der Waals surface area contributed by atoms with Gasteiger partial charge in [0, 0.05) is 34.4 Å². The molecule has 0 aromatic heterocycles. The number of ether oxygens (including phenoxy) is 1. The lowest BCUT2D eigenvalue weighted by atomic mass is 10.1. The summed E-state index contributed by atoms with van der Waals surface area (Å²) in [4.78, 5) is 4.66. The minimum absolute atomic E-state index is 0.259. The Hall–Kier alpha value is -1.60. The lowest BCUT2D eigenvalue weighted by Gasteiger charge is -2.18. The summed E-state index contributed by atoms with van der Waals surface area (Å²) in [6.07, 6.45) is 0.935. The molecule has 0 amide bonds. The van der Waals surface area contributed by atoms with Crippen LogP contribution in [0.25, 0.3) is 0 Å². The highest BCUT2D eigenvalue weighted by Crippen LogP contribution is 2.34. The van der Waals surface area contributed by atoms with Crippen molar-refractivity contribution in [3.8, 4) is 5.75 Å². The van der Waals surface area contributed by atoms with Gasteiger partial charge in [-0.3, -0.25) is 4.99 Å². The van der Waals surface area contributed by atoms with E-state index in [0.717, 1.165) is 29.1 Å². The number of hydrogen-bond donors (Lipinski definition) is 1. The van der Waals surface area contributed by atoms with Gasteiger partial charge in [-0.1, -0.05) is 15.9 Å². The van der Waals surface area contributed by atoms with Crippen LogP contribution in [0.2, 0.25) is 0 Å². The Morgan fingerprint density at radius 3 is 2.84 bits per heavy atom. The molecule has 0 atom stereocenters. The van der Waals surface area contributed by atoms with E-state index < -0.39 is 11.6 Å². The third-order valence-electron chi connectivity index (χ3n) is 3.82. The van der Waals surface area contributed by atoms with E-state index in [9.17, 15) is 8.78 Å². The molecule has 0 fully saturated rings. The summed E-state index contributed by atoms with van der Waals surface area (Å²) in [5.74, 6) is 0.0787. The van der Waals surface area contributed by atoms with E-state index in [1.807, 2.05) is 18.2 Å². The van der Waals surface area contributed by atoms with Gasteiger partial charge in [0.1, 0.15) is 11.6 Å². The van der Waals surface area contributed by atoms with Crippen molar-refractivity contribution >= 4 is 33.5 Å². The average Bonchev–Trinajstić information content (AvgIpc) is 2.63. The SMILES string of the molecule is COc1ccc(Br)cc1CSc1c(C2=NCCCN2)ccc(F)c1F. The third kappa shape index (κ3) is 4.15. The van der Waals surface area contributed by atoms with Crippen LogP contribution in [0.15, 0.2) is 44.7 Å². The molecule has 2 aromatic carbocycles. The number of rotatable bonds is 5. The van der Waals surface area contributed by atoms with Crippen molar-refractivity contribution in [3.63, 3.8) is 0 Å². The van der Waals surface area contributed by atoms with E-state index >= 15 is 0 Å². The van der Waals surface area contributed by atoms with Gasteiger partial charge >= 0.3 is 0 Å². The second-order valence-electron chi connectivity index (χ2n) is 5.49. The first-order chi connectivity index (χ1) is 12.1. The minimum Gasteiger partial charge on any atom is -0.496 e. The molecule has 132 valence electrons. The van der Waals surface area contributed by atoms with Crippen molar-refractivity contribution in [1.82, 2.24) is 5.32 Å². The molecular weight excluding hydrogens is 410 g/mol. The maximum atomic E-state index is 14.5. The van der Waals surface area contributed by atoms with Gasteiger partial charge in [0.2, 0.25) is 0 Å². The molecule has 1 aliphatic rings. The van der Waals surface area contributed by atoms with E-state index in [2.05, 4.69) is 26.2 Å². The van der Waals surface area contributed by atoms with E-state index in [1.165, 1.54) is 11.8 Å². The monoisotopic (exact) mass is 426 g/mol. The second kappa shape index (κ2) is 8.19. The molecule has 1 heterocycles. The zero-order chi connectivity index (χ0) is 17.8. The number of methoxy groups -OCH3 is 1. The van der Waals surface area contributed by atoms with Gasteiger partial charge in [0.25, 0.3) is 0 Å². The number of hydrogen-bond acceptors (Lipinski definition) is 4. The second-order valence-corrected chi connectivity index (χ2v) is 7.39. The van der Waals surface area contributed by atoms with Crippen LogP contribution in [-0.2, 0) is 5.75 Å². The molecule has 0 bridgehead atoms. The molecule has 0 radical (unpaired) electrons. The molecule has 0 aliphatic carbocycles. The largest absolute Gasteiger partial charge is 0.496 e. The quantitative estimate of drug-likeness (QED) is 0.699. The van der Waals surface area contributed by atoms with Gasteiger partial charge in [-0.05, 0) is 36.8 Å². The highest BCUT2D eigenvalue weighted by molar-refractivity contribution is 9.10. The Bertz CT molecular complexity index is 814. The fraction of sp³-hybridized carbons (Fsp3) is 0.278. The van der Waals surface area contributed by atoms with Gasteiger partial charge in [-0.2, -0.15) is 0 Å². The summed E-state index contributed by atoms with van der Waals surface area (Å²) in [5, 5.41) is 3.17. The Kier molecular flexibility index (Phi) is 5.96. The lowest BCUT2D eigenvalue weighted by Crippen LogP contribution is -2.30. The molecule has 3 rings (SSSR count). The predicted octanol–water partition coefficient (Wildman–Crippen LogP) is 4.77. The molecule has 1 aliphatic heterocycles. The van der Waals surface area contributed by atoms with Crippen molar-refractivity contribution in [3.05, 3.63) is 57.6 Å². The molecule has 25 heavy (non-hydrogen) atoms. The first-order valence-corrected chi connectivity index (χ1v) is 9.60. The molecule has 2 aromatic rings. The van der Waals surface area contributed by atoms with Crippen LogP contribution in [0, 0.1) is 11.6 Å². The first kappa shape index (κ1) is 18.2. The van der Waals surface area contributed by atoms with Crippen LogP contribution in [0.3, 0.4) is 0 Å². The molecule has 0 unspecified atom stereocenters. The summed E-state index contributed by atoms with van der Waals surface area (Å²) in [5.41, 5.74) is 1.49. The molecule has 0 spiro atoms. The van der Waals surface area contributed by atoms with Crippen molar-refractivity contribution in [2.24, 2.45) is 4.99 Å². The van der Waals surface area contributed by atoms with Crippen molar-refractivity contribution in [2.45, 2.75) is 17.1 Å². The van der Waals surface area contributed by atoms with Crippen molar-refractivity contribution < 1.29 is 13.5 Å². The number of nitrogens with zero attached hydrogens (tertiary/aromatic N) is 1. The molecule has 0 saturated heterocycles. The molecule has 3 nitrogen and oxygen atoms in total. The Morgan fingerprint density at radius 1 is 1.28 bits per heavy atom. The zero-order valence-electron chi connectivity index (χ0n) is 13.6. The smallest absolute Gasteiger partial charge is 0.173 e. The van der Waals surface area contributed by atoms with Gasteiger partial charge in [0.15, 0.2) is 11.6 Å². The molecular formula is C18H17BrF2N2OS. The Morgan fingerprint density at radius 2 is 2.12 bits per heavy atom. The molecule has 1 N–H and O–H groups in total. The normalized spacial score (nSPS) is 14.0. The maximum Gasteiger partial charge on any atom is 0.173 e. The number of amidine groups is 1. The highest BCUT2D eigenvalue weighted by Gasteiger charge is 2.19. The average molecular weight is 427 g/mol. The number of thioether (sulfide) groups is 1. The Labute approximate surface area is 158 Å². The number of benzene rings is 2. The summed E-state index contributed by atoms with van der Waals surface area (Å²) >= 11 is 4.66. The summed E-state index contributed by atoms with van der Waals surface area (Å²) in [6, 6.07) is 8.36. The number of nitrogens with one attached hydrogen (secondary N) is 1. The summed E-state index contributed by atoms with van der Waals surface area (Å²) < 4.78 is 34.5. The van der Waals surface area contributed by atoms with Crippen LogP contribution < -0.4 is 10.1 Å². The van der Waals surface area contributed by atoms with Crippen molar-refractivity contribution in [1.29, 1.82) is 0 Å².